The molecule has 0 saturated heterocycles. The molecule has 0 spiro atoms. The Bertz CT molecular complexity index is 487. The minimum Gasteiger partial charge on any atom is -0.361 e. The molecule has 1 aromatic heterocycles. The van der Waals surface area contributed by atoms with Crippen molar-refractivity contribution in [2.75, 3.05) is 0 Å². The van der Waals surface area contributed by atoms with Gasteiger partial charge in [0, 0.05) is 17.8 Å². The van der Waals surface area contributed by atoms with Crippen LogP contribution in [0.3, 0.4) is 0 Å². The first-order chi connectivity index (χ1) is 7.46. The summed E-state index contributed by atoms with van der Waals surface area (Å²) in [7, 11) is 0. The number of fused-ring (bicyclic) bond motifs is 1. The molecule has 3 N–H and O–H groups in total. The summed E-state index contributed by atoms with van der Waals surface area (Å²) in [6, 6.07) is 5.84. The Kier molecular flexibility index (Phi) is 2.63. The summed E-state index contributed by atoms with van der Waals surface area (Å²) in [6.45, 7) is 0. The van der Waals surface area contributed by atoms with Gasteiger partial charge in [0.15, 0.2) is 0 Å². The number of rotatable bonds is 2. The summed E-state index contributed by atoms with van der Waals surface area (Å²) >= 11 is 0. The molecule has 0 aliphatic carbocycles. The molecule has 0 aliphatic heterocycles. The number of hydrogen-bond acceptors (Lipinski definition) is 1. The van der Waals surface area contributed by atoms with Crippen molar-refractivity contribution in [2.24, 2.45) is 5.73 Å². The predicted molar refractivity (Wildman–Crippen MR) is 55.9 cm³/mol. The van der Waals surface area contributed by atoms with Crippen LogP contribution in [0.5, 0.6) is 0 Å². The van der Waals surface area contributed by atoms with Crippen molar-refractivity contribution >= 4 is 10.9 Å². The first-order valence-electron chi connectivity index (χ1n) is 4.85. The molecule has 0 fully saturated rings. The third-order valence-corrected chi connectivity index (χ3v) is 2.46. The molecule has 16 heavy (non-hydrogen) atoms. The zero-order valence-electron chi connectivity index (χ0n) is 8.38. The van der Waals surface area contributed by atoms with Crippen LogP contribution in [-0.2, 0) is 0 Å². The van der Waals surface area contributed by atoms with E-state index in [0.717, 1.165) is 10.9 Å². The summed E-state index contributed by atoms with van der Waals surface area (Å²) in [5, 5.41) is 0.870. The van der Waals surface area contributed by atoms with E-state index >= 15 is 0 Å². The van der Waals surface area contributed by atoms with Crippen molar-refractivity contribution in [3.8, 4) is 0 Å². The Labute approximate surface area is 90.3 Å². The molecule has 86 valence electrons. The average Bonchev–Trinajstić information content (AvgIpc) is 2.61. The van der Waals surface area contributed by atoms with Gasteiger partial charge in [-0.2, -0.15) is 13.2 Å². The van der Waals surface area contributed by atoms with Crippen molar-refractivity contribution in [3.63, 3.8) is 0 Å². The smallest absolute Gasteiger partial charge is 0.361 e. The van der Waals surface area contributed by atoms with E-state index in [1.807, 2.05) is 0 Å². The van der Waals surface area contributed by atoms with Gasteiger partial charge in [-0.15, -0.1) is 0 Å². The fraction of sp³-hybridized carbons (Fsp3) is 0.273. The molecule has 0 amide bonds. The molecule has 0 unspecified atom stereocenters. The van der Waals surface area contributed by atoms with E-state index in [1.165, 1.54) is 0 Å². The molecule has 2 rings (SSSR count). The minimum absolute atomic E-state index is 0.504. The molecule has 2 aromatic rings. The van der Waals surface area contributed by atoms with Gasteiger partial charge in [-0.1, -0.05) is 6.07 Å². The van der Waals surface area contributed by atoms with Crippen LogP contribution in [0, 0.1) is 0 Å². The van der Waals surface area contributed by atoms with Crippen molar-refractivity contribution in [1.29, 1.82) is 0 Å². The average molecular weight is 228 g/mol. The van der Waals surface area contributed by atoms with Crippen LogP contribution in [-0.4, -0.2) is 11.2 Å². The summed E-state index contributed by atoms with van der Waals surface area (Å²) < 4.78 is 36.5. The van der Waals surface area contributed by atoms with Crippen molar-refractivity contribution in [2.45, 2.75) is 18.6 Å². The van der Waals surface area contributed by atoms with Gasteiger partial charge in [-0.3, -0.25) is 0 Å². The first-order valence-corrected chi connectivity index (χ1v) is 4.85. The van der Waals surface area contributed by atoms with Crippen LogP contribution in [0.2, 0.25) is 0 Å². The second kappa shape index (κ2) is 3.83. The van der Waals surface area contributed by atoms with E-state index < -0.39 is 18.6 Å². The van der Waals surface area contributed by atoms with E-state index in [0.29, 0.717) is 5.56 Å². The number of halogens is 3. The zero-order valence-corrected chi connectivity index (χ0v) is 8.38. The van der Waals surface area contributed by atoms with Gasteiger partial charge in [0.2, 0.25) is 0 Å². The lowest BCUT2D eigenvalue weighted by Gasteiger charge is -2.14. The van der Waals surface area contributed by atoms with E-state index in [2.05, 4.69) is 4.98 Å². The third-order valence-electron chi connectivity index (χ3n) is 2.46. The molecule has 1 atom stereocenters. The molecule has 1 aromatic carbocycles. The number of nitrogens with one attached hydrogen (secondary N) is 1. The Morgan fingerprint density at radius 2 is 2.00 bits per heavy atom. The molecular formula is C11H11F3N2. The number of H-pyrrole nitrogens is 1. The quantitative estimate of drug-likeness (QED) is 0.814. The standard InChI is InChI=1S/C11H11F3N2/c12-11(13,14)6-9(15)7-1-2-10-8(5-7)3-4-16-10/h1-5,9,16H,6,15H2/t9-/m0/s1. The van der Waals surface area contributed by atoms with E-state index in [1.54, 1.807) is 30.5 Å². The van der Waals surface area contributed by atoms with E-state index in [4.69, 9.17) is 5.73 Å². The third kappa shape index (κ3) is 2.36. The number of aromatic nitrogens is 1. The maximum atomic E-state index is 12.2. The molecule has 0 saturated carbocycles. The second-order valence-corrected chi connectivity index (χ2v) is 3.75. The van der Waals surface area contributed by atoms with Gasteiger partial charge in [0.25, 0.3) is 0 Å². The number of nitrogens with two attached hydrogens (primary N) is 1. The first kappa shape index (κ1) is 11.0. The molecular weight excluding hydrogens is 217 g/mol. The molecule has 2 nitrogen and oxygen atoms in total. The highest BCUT2D eigenvalue weighted by Crippen LogP contribution is 2.29. The highest BCUT2D eigenvalue weighted by atomic mass is 19.4. The topological polar surface area (TPSA) is 41.8 Å². The number of hydrogen-bond donors (Lipinski definition) is 2. The Morgan fingerprint density at radius 1 is 1.25 bits per heavy atom. The lowest BCUT2D eigenvalue weighted by molar-refractivity contribution is -0.138. The summed E-state index contributed by atoms with van der Waals surface area (Å²) in [5.74, 6) is 0. The number of aromatic amines is 1. The highest BCUT2D eigenvalue weighted by Gasteiger charge is 2.30. The van der Waals surface area contributed by atoms with Crippen LogP contribution in [0.15, 0.2) is 30.5 Å². The van der Waals surface area contributed by atoms with Gasteiger partial charge in [0.05, 0.1) is 6.42 Å². The predicted octanol–water partition coefficient (Wildman–Crippen LogP) is 3.12. The lowest BCUT2D eigenvalue weighted by Crippen LogP contribution is -2.20. The van der Waals surface area contributed by atoms with Crippen molar-refractivity contribution in [1.82, 2.24) is 4.98 Å². The maximum absolute atomic E-state index is 12.2. The van der Waals surface area contributed by atoms with Crippen molar-refractivity contribution in [3.05, 3.63) is 36.0 Å². The molecule has 5 heteroatoms. The fourth-order valence-corrected chi connectivity index (χ4v) is 1.67. The van der Waals surface area contributed by atoms with Gasteiger partial charge in [0.1, 0.15) is 0 Å². The maximum Gasteiger partial charge on any atom is 0.390 e. The zero-order chi connectivity index (χ0) is 11.8. The minimum atomic E-state index is -4.23. The SMILES string of the molecule is N[C@@H](CC(F)(F)F)c1ccc2[nH]ccc2c1. The largest absolute Gasteiger partial charge is 0.390 e. The van der Waals surface area contributed by atoms with E-state index in [-0.39, 0.29) is 0 Å². The molecule has 0 aliphatic rings. The Balaban J connectivity index is 2.25. The lowest BCUT2D eigenvalue weighted by atomic mass is 10.0. The molecule has 0 bridgehead atoms. The summed E-state index contributed by atoms with van der Waals surface area (Å²) in [4.78, 5) is 2.97. The summed E-state index contributed by atoms with van der Waals surface area (Å²) in [6.07, 6.45) is -3.49. The molecule has 0 radical (unpaired) electrons. The highest BCUT2D eigenvalue weighted by molar-refractivity contribution is 5.80. The monoisotopic (exact) mass is 228 g/mol. The van der Waals surface area contributed by atoms with Crippen LogP contribution in [0.4, 0.5) is 13.2 Å². The number of benzene rings is 1. The van der Waals surface area contributed by atoms with Gasteiger partial charge >= 0.3 is 6.18 Å². The van der Waals surface area contributed by atoms with Crippen molar-refractivity contribution < 1.29 is 13.2 Å². The van der Waals surface area contributed by atoms with Crippen LogP contribution in [0.25, 0.3) is 10.9 Å². The van der Waals surface area contributed by atoms with Crippen LogP contribution >= 0.6 is 0 Å². The normalized spacial score (nSPS) is 14.2. The Hall–Kier alpha value is -1.49. The van der Waals surface area contributed by atoms with Crippen LogP contribution in [0.1, 0.15) is 18.0 Å². The van der Waals surface area contributed by atoms with Gasteiger partial charge < -0.3 is 10.7 Å². The van der Waals surface area contributed by atoms with E-state index in [9.17, 15) is 13.2 Å². The summed E-state index contributed by atoms with van der Waals surface area (Å²) in [5.41, 5.74) is 6.91. The second-order valence-electron chi connectivity index (χ2n) is 3.75. The fourth-order valence-electron chi connectivity index (χ4n) is 1.67. The number of alkyl halides is 3. The van der Waals surface area contributed by atoms with Gasteiger partial charge in [-0.05, 0) is 29.1 Å². The molecule has 1 heterocycles. The van der Waals surface area contributed by atoms with Gasteiger partial charge in [-0.25, -0.2) is 0 Å². The van der Waals surface area contributed by atoms with Crippen LogP contribution < -0.4 is 5.73 Å². The Morgan fingerprint density at radius 3 is 2.69 bits per heavy atom.